The van der Waals surface area contributed by atoms with Gasteiger partial charge in [0.2, 0.25) is 0 Å². The number of carbonyl (C=O) groups is 1. The zero-order valence-corrected chi connectivity index (χ0v) is 10.3. The van der Waals surface area contributed by atoms with Gasteiger partial charge in [-0.2, -0.15) is 0 Å². The van der Waals surface area contributed by atoms with Crippen molar-refractivity contribution in [3.05, 3.63) is 54.1 Å². The van der Waals surface area contributed by atoms with Crippen molar-refractivity contribution in [3.63, 3.8) is 0 Å². The maximum atomic E-state index is 11.5. The minimum absolute atomic E-state index is 0.0167. The Balaban J connectivity index is 2.22. The summed E-state index contributed by atoms with van der Waals surface area (Å²) in [7, 11) is 0. The summed E-state index contributed by atoms with van der Waals surface area (Å²) in [6, 6.07) is 7.19. The molecule has 0 fully saturated rings. The fourth-order valence-electron chi connectivity index (χ4n) is 1.63. The Morgan fingerprint density at radius 2 is 2.06 bits per heavy atom. The highest BCUT2D eigenvalue weighted by atomic mass is 16.5. The highest BCUT2D eigenvalue weighted by molar-refractivity contribution is 5.96. The lowest BCUT2D eigenvalue weighted by Gasteiger charge is -2.15. The van der Waals surface area contributed by atoms with Gasteiger partial charge in [0.25, 0.3) is 0 Å². The number of Topliss-reactive ketones (excluding diaryl/α,β-unsaturated/α-hetero) is 1. The molecule has 0 radical (unpaired) electrons. The molecule has 0 bridgehead atoms. The monoisotopic (exact) mass is 242 g/mol. The molecule has 0 saturated carbocycles. The fourth-order valence-corrected chi connectivity index (χ4v) is 1.63. The van der Waals surface area contributed by atoms with Gasteiger partial charge in [-0.15, -0.1) is 0 Å². The molecule has 0 aliphatic carbocycles. The molecule has 92 valence electrons. The SMILES string of the molecule is CC(=O)c1ccccc1OC(C)c1cnccn1. The van der Waals surface area contributed by atoms with Crippen LogP contribution in [0, 0.1) is 0 Å². The minimum atomic E-state index is -0.251. The molecule has 1 heterocycles. The van der Waals surface area contributed by atoms with Gasteiger partial charge < -0.3 is 4.74 Å². The van der Waals surface area contributed by atoms with Crippen LogP contribution in [0.15, 0.2) is 42.9 Å². The molecule has 1 unspecified atom stereocenters. The summed E-state index contributed by atoms with van der Waals surface area (Å²) in [5.74, 6) is 0.556. The number of carbonyl (C=O) groups excluding carboxylic acids is 1. The molecule has 0 amide bonds. The number of hydrogen-bond acceptors (Lipinski definition) is 4. The number of ketones is 1. The van der Waals surface area contributed by atoms with Crippen molar-refractivity contribution in [2.24, 2.45) is 0 Å². The molecule has 1 aromatic heterocycles. The van der Waals surface area contributed by atoms with E-state index in [0.717, 1.165) is 5.69 Å². The van der Waals surface area contributed by atoms with Crippen molar-refractivity contribution in [1.82, 2.24) is 9.97 Å². The lowest BCUT2D eigenvalue weighted by molar-refractivity contribution is 0.101. The van der Waals surface area contributed by atoms with Crippen LogP contribution in [0.4, 0.5) is 0 Å². The molecular weight excluding hydrogens is 228 g/mol. The summed E-state index contributed by atoms with van der Waals surface area (Å²) < 4.78 is 5.77. The molecule has 18 heavy (non-hydrogen) atoms. The average Bonchev–Trinajstić information content (AvgIpc) is 2.40. The predicted molar refractivity (Wildman–Crippen MR) is 67.5 cm³/mol. The van der Waals surface area contributed by atoms with Gasteiger partial charge in [0.15, 0.2) is 5.78 Å². The van der Waals surface area contributed by atoms with Gasteiger partial charge in [0.05, 0.1) is 17.5 Å². The number of nitrogens with zero attached hydrogens (tertiary/aromatic N) is 2. The third kappa shape index (κ3) is 2.71. The van der Waals surface area contributed by atoms with E-state index in [1.54, 1.807) is 30.7 Å². The summed E-state index contributed by atoms with van der Waals surface area (Å²) in [6.07, 6.45) is 4.63. The molecule has 2 aromatic rings. The maximum Gasteiger partial charge on any atom is 0.163 e. The van der Waals surface area contributed by atoms with E-state index < -0.39 is 0 Å². The van der Waals surface area contributed by atoms with E-state index in [1.807, 2.05) is 19.1 Å². The summed E-state index contributed by atoms with van der Waals surface area (Å²) >= 11 is 0. The molecule has 1 aromatic carbocycles. The zero-order chi connectivity index (χ0) is 13.0. The van der Waals surface area contributed by atoms with E-state index in [0.29, 0.717) is 11.3 Å². The van der Waals surface area contributed by atoms with E-state index in [9.17, 15) is 4.79 Å². The Bertz CT molecular complexity index is 541. The molecule has 2 rings (SSSR count). The number of ether oxygens (including phenoxy) is 1. The molecule has 0 N–H and O–H groups in total. The largest absolute Gasteiger partial charge is 0.484 e. The molecule has 4 heteroatoms. The predicted octanol–water partition coefficient (Wildman–Crippen LogP) is 2.82. The van der Waals surface area contributed by atoms with Crippen molar-refractivity contribution in [2.45, 2.75) is 20.0 Å². The smallest absolute Gasteiger partial charge is 0.163 e. The van der Waals surface area contributed by atoms with Gasteiger partial charge in [0.1, 0.15) is 11.9 Å². The van der Waals surface area contributed by atoms with Crippen LogP contribution in [0.5, 0.6) is 5.75 Å². The van der Waals surface area contributed by atoms with Crippen LogP contribution in [-0.2, 0) is 0 Å². The average molecular weight is 242 g/mol. The van der Waals surface area contributed by atoms with Crippen molar-refractivity contribution < 1.29 is 9.53 Å². The molecule has 4 nitrogen and oxygen atoms in total. The molecule has 0 aliphatic rings. The second kappa shape index (κ2) is 5.40. The van der Waals surface area contributed by atoms with Crippen molar-refractivity contribution in [2.75, 3.05) is 0 Å². The van der Waals surface area contributed by atoms with E-state index in [4.69, 9.17) is 4.74 Å². The van der Waals surface area contributed by atoms with E-state index in [-0.39, 0.29) is 11.9 Å². The Morgan fingerprint density at radius 3 is 2.72 bits per heavy atom. The van der Waals surface area contributed by atoms with Gasteiger partial charge in [-0.05, 0) is 26.0 Å². The summed E-state index contributed by atoms with van der Waals surface area (Å²) in [5, 5.41) is 0. The molecule has 0 aliphatic heterocycles. The Kier molecular flexibility index (Phi) is 3.67. The molecule has 0 saturated heterocycles. The van der Waals surface area contributed by atoms with Gasteiger partial charge in [-0.25, -0.2) is 0 Å². The van der Waals surface area contributed by atoms with Gasteiger partial charge in [0, 0.05) is 12.4 Å². The molecule has 1 atom stereocenters. The van der Waals surface area contributed by atoms with Gasteiger partial charge in [-0.1, -0.05) is 12.1 Å². The summed E-state index contributed by atoms with van der Waals surface area (Å²) in [5.41, 5.74) is 1.31. The highest BCUT2D eigenvalue weighted by Crippen LogP contribution is 2.24. The van der Waals surface area contributed by atoms with Crippen LogP contribution in [0.2, 0.25) is 0 Å². The number of aromatic nitrogens is 2. The second-order valence-electron chi connectivity index (χ2n) is 3.94. The normalized spacial score (nSPS) is 11.9. The van der Waals surface area contributed by atoms with E-state index in [2.05, 4.69) is 9.97 Å². The first-order valence-electron chi connectivity index (χ1n) is 5.71. The third-order valence-electron chi connectivity index (χ3n) is 2.57. The van der Waals surface area contributed by atoms with Crippen molar-refractivity contribution in [3.8, 4) is 5.75 Å². The number of hydrogen-bond donors (Lipinski definition) is 0. The number of rotatable bonds is 4. The quantitative estimate of drug-likeness (QED) is 0.773. The van der Waals surface area contributed by atoms with Crippen LogP contribution >= 0.6 is 0 Å². The van der Waals surface area contributed by atoms with Crippen molar-refractivity contribution >= 4 is 5.78 Å². The second-order valence-corrected chi connectivity index (χ2v) is 3.94. The first-order valence-corrected chi connectivity index (χ1v) is 5.71. The third-order valence-corrected chi connectivity index (χ3v) is 2.57. The zero-order valence-electron chi connectivity index (χ0n) is 10.3. The van der Waals surface area contributed by atoms with Gasteiger partial charge in [-0.3, -0.25) is 14.8 Å². The van der Waals surface area contributed by atoms with E-state index >= 15 is 0 Å². The van der Waals surface area contributed by atoms with Gasteiger partial charge >= 0.3 is 0 Å². The lowest BCUT2D eigenvalue weighted by Crippen LogP contribution is -2.08. The topological polar surface area (TPSA) is 52.1 Å². The van der Waals surface area contributed by atoms with E-state index in [1.165, 1.54) is 6.92 Å². The summed E-state index contributed by atoms with van der Waals surface area (Å²) in [6.45, 7) is 3.40. The standard InChI is InChI=1S/C14H14N2O2/c1-10(17)12-5-3-4-6-14(12)18-11(2)13-9-15-7-8-16-13/h3-9,11H,1-2H3. The van der Waals surface area contributed by atoms with Crippen molar-refractivity contribution in [1.29, 1.82) is 0 Å². The van der Waals surface area contributed by atoms with Crippen LogP contribution in [-0.4, -0.2) is 15.8 Å². The van der Waals surface area contributed by atoms with Crippen LogP contribution < -0.4 is 4.74 Å². The fraction of sp³-hybridized carbons (Fsp3) is 0.214. The Hall–Kier alpha value is -2.23. The first kappa shape index (κ1) is 12.2. The Labute approximate surface area is 106 Å². The summed E-state index contributed by atoms with van der Waals surface area (Å²) in [4.78, 5) is 19.6. The number of para-hydroxylation sites is 1. The number of benzene rings is 1. The van der Waals surface area contributed by atoms with Crippen LogP contribution in [0.25, 0.3) is 0 Å². The highest BCUT2D eigenvalue weighted by Gasteiger charge is 2.13. The minimum Gasteiger partial charge on any atom is -0.484 e. The Morgan fingerprint density at radius 1 is 1.28 bits per heavy atom. The molecular formula is C14H14N2O2. The lowest BCUT2D eigenvalue weighted by atomic mass is 10.1. The maximum absolute atomic E-state index is 11.5. The van der Waals surface area contributed by atoms with Crippen LogP contribution in [0.1, 0.15) is 36.0 Å². The molecule has 0 spiro atoms. The van der Waals surface area contributed by atoms with Crippen LogP contribution in [0.3, 0.4) is 0 Å². The first-order chi connectivity index (χ1) is 8.68.